The van der Waals surface area contributed by atoms with Crippen molar-refractivity contribution in [1.29, 1.82) is 0 Å². The highest BCUT2D eigenvalue weighted by atomic mass is 79.9. The fourth-order valence-corrected chi connectivity index (χ4v) is 1.95. The van der Waals surface area contributed by atoms with E-state index in [4.69, 9.17) is 18.0 Å². The Kier molecular flexibility index (Phi) is 4.29. The number of anilines is 1. The zero-order valence-corrected chi connectivity index (χ0v) is 12.3. The Bertz CT molecular complexity index is 626. The van der Waals surface area contributed by atoms with Crippen LogP contribution < -0.4 is 11.1 Å². The smallest absolute Gasteiger partial charge is 0.255 e. The maximum atomic E-state index is 12.0. The van der Waals surface area contributed by atoms with Crippen molar-refractivity contribution in [3.05, 3.63) is 64.1 Å². The number of rotatable bonds is 3. The van der Waals surface area contributed by atoms with E-state index in [9.17, 15) is 4.79 Å². The van der Waals surface area contributed by atoms with Gasteiger partial charge in [-0.25, -0.2) is 0 Å². The lowest BCUT2D eigenvalue weighted by atomic mass is 10.1. The van der Waals surface area contributed by atoms with Gasteiger partial charge in [-0.15, -0.1) is 0 Å². The number of benzene rings is 2. The van der Waals surface area contributed by atoms with Gasteiger partial charge in [-0.1, -0.05) is 40.3 Å². The van der Waals surface area contributed by atoms with Crippen molar-refractivity contribution in [2.75, 3.05) is 5.32 Å². The molecule has 3 N–H and O–H groups in total. The highest BCUT2D eigenvalue weighted by molar-refractivity contribution is 9.10. The van der Waals surface area contributed by atoms with Gasteiger partial charge in [-0.05, 0) is 36.4 Å². The van der Waals surface area contributed by atoms with Gasteiger partial charge in [0.1, 0.15) is 4.99 Å². The van der Waals surface area contributed by atoms with Gasteiger partial charge in [-0.3, -0.25) is 4.79 Å². The van der Waals surface area contributed by atoms with E-state index in [0.29, 0.717) is 16.2 Å². The first-order valence-electron chi connectivity index (χ1n) is 5.53. The summed E-state index contributed by atoms with van der Waals surface area (Å²) in [7, 11) is 0. The molecule has 0 fully saturated rings. The fourth-order valence-electron chi connectivity index (χ4n) is 1.55. The summed E-state index contributed by atoms with van der Waals surface area (Å²) in [5.41, 5.74) is 7.53. The van der Waals surface area contributed by atoms with Crippen molar-refractivity contribution in [2.45, 2.75) is 0 Å². The maximum Gasteiger partial charge on any atom is 0.255 e. The van der Waals surface area contributed by atoms with Crippen LogP contribution >= 0.6 is 28.1 Å². The largest absolute Gasteiger partial charge is 0.389 e. The number of thiocarbonyl (C=S) groups is 1. The summed E-state index contributed by atoms with van der Waals surface area (Å²) >= 11 is 8.23. The lowest BCUT2D eigenvalue weighted by molar-refractivity contribution is 0.102. The van der Waals surface area contributed by atoms with E-state index < -0.39 is 0 Å². The van der Waals surface area contributed by atoms with Crippen molar-refractivity contribution in [1.82, 2.24) is 0 Å². The highest BCUT2D eigenvalue weighted by Crippen LogP contribution is 2.14. The summed E-state index contributed by atoms with van der Waals surface area (Å²) in [6.07, 6.45) is 0. The molecule has 0 aliphatic heterocycles. The van der Waals surface area contributed by atoms with Crippen molar-refractivity contribution < 1.29 is 4.79 Å². The topological polar surface area (TPSA) is 55.1 Å². The molecule has 0 saturated carbocycles. The maximum absolute atomic E-state index is 12.0. The summed E-state index contributed by atoms with van der Waals surface area (Å²) in [6, 6.07) is 14.3. The minimum atomic E-state index is -0.174. The van der Waals surface area contributed by atoms with Gasteiger partial charge >= 0.3 is 0 Å². The summed E-state index contributed by atoms with van der Waals surface area (Å²) in [5.74, 6) is -0.174. The molecule has 2 aromatic rings. The van der Waals surface area contributed by atoms with Crippen molar-refractivity contribution in [2.24, 2.45) is 5.73 Å². The first-order valence-corrected chi connectivity index (χ1v) is 6.73. The number of carbonyl (C=O) groups excluding carboxylic acids is 1. The Morgan fingerprint density at radius 1 is 1.11 bits per heavy atom. The van der Waals surface area contributed by atoms with Crippen LogP contribution in [-0.4, -0.2) is 10.9 Å². The van der Waals surface area contributed by atoms with Gasteiger partial charge in [0.2, 0.25) is 0 Å². The van der Waals surface area contributed by atoms with Crippen LogP contribution in [0.3, 0.4) is 0 Å². The second-order valence-corrected chi connectivity index (χ2v) is 5.26. The van der Waals surface area contributed by atoms with E-state index in [1.807, 2.05) is 12.1 Å². The van der Waals surface area contributed by atoms with Crippen LogP contribution in [0.5, 0.6) is 0 Å². The van der Waals surface area contributed by atoms with Gasteiger partial charge in [0, 0.05) is 21.3 Å². The second-order valence-electron chi connectivity index (χ2n) is 3.91. The molecule has 0 aliphatic rings. The highest BCUT2D eigenvalue weighted by Gasteiger charge is 2.06. The van der Waals surface area contributed by atoms with Gasteiger partial charge in [0.05, 0.1) is 0 Å². The molecule has 5 heteroatoms. The number of amides is 1. The number of hydrogen-bond donors (Lipinski definition) is 2. The number of carbonyl (C=O) groups is 1. The first-order chi connectivity index (χ1) is 9.06. The Morgan fingerprint density at radius 2 is 1.79 bits per heavy atom. The predicted octanol–water partition coefficient (Wildman–Crippen LogP) is 3.34. The number of nitrogens with one attached hydrogen (secondary N) is 1. The van der Waals surface area contributed by atoms with Crippen molar-refractivity contribution in [3.63, 3.8) is 0 Å². The molecule has 0 bridgehead atoms. The van der Waals surface area contributed by atoms with E-state index >= 15 is 0 Å². The van der Waals surface area contributed by atoms with E-state index in [1.165, 1.54) is 0 Å². The van der Waals surface area contributed by atoms with Crippen molar-refractivity contribution in [3.8, 4) is 0 Å². The molecule has 1 amide bonds. The van der Waals surface area contributed by atoms with Crippen LogP contribution in [0, 0.1) is 0 Å². The van der Waals surface area contributed by atoms with Crippen LogP contribution in [0.4, 0.5) is 5.69 Å². The number of nitrogens with two attached hydrogens (primary N) is 1. The minimum Gasteiger partial charge on any atom is -0.389 e. The average molecular weight is 335 g/mol. The molecule has 0 radical (unpaired) electrons. The summed E-state index contributed by atoms with van der Waals surface area (Å²) in [5, 5.41) is 2.80. The molecule has 0 heterocycles. The fraction of sp³-hybridized carbons (Fsp3) is 0. The zero-order chi connectivity index (χ0) is 13.8. The van der Waals surface area contributed by atoms with Gasteiger partial charge < -0.3 is 11.1 Å². The molecule has 0 atom stereocenters. The molecule has 0 aliphatic carbocycles. The Labute approximate surface area is 124 Å². The predicted molar refractivity (Wildman–Crippen MR) is 84.4 cm³/mol. The third kappa shape index (κ3) is 3.62. The van der Waals surface area contributed by atoms with Gasteiger partial charge in [0.25, 0.3) is 5.91 Å². The van der Waals surface area contributed by atoms with E-state index in [-0.39, 0.29) is 5.91 Å². The molecular formula is C14H11BrN2OS. The Morgan fingerprint density at radius 3 is 2.42 bits per heavy atom. The standard InChI is InChI=1S/C14H11BrN2OS/c15-11-6-4-9(5-7-11)14(18)17-12-3-1-2-10(8-12)13(16)19/h1-8H,(H2,16,19)(H,17,18). The molecular weight excluding hydrogens is 324 g/mol. The van der Waals surface area contributed by atoms with E-state index in [2.05, 4.69) is 21.2 Å². The van der Waals surface area contributed by atoms with Crippen LogP contribution in [0.25, 0.3) is 0 Å². The molecule has 2 aromatic carbocycles. The van der Waals surface area contributed by atoms with E-state index in [0.717, 1.165) is 10.0 Å². The quantitative estimate of drug-likeness (QED) is 0.846. The third-order valence-corrected chi connectivity index (χ3v) is 3.28. The normalized spacial score (nSPS) is 9.95. The molecule has 0 aromatic heterocycles. The molecule has 0 unspecified atom stereocenters. The molecule has 2 rings (SSSR count). The summed E-state index contributed by atoms with van der Waals surface area (Å²) < 4.78 is 0.930. The summed E-state index contributed by atoms with van der Waals surface area (Å²) in [6.45, 7) is 0. The average Bonchev–Trinajstić information content (AvgIpc) is 2.39. The van der Waals surface area contributed by atoms with Gasteiger partial charge in [-0.2, -0.15) is 0 Å². The Hall–Kier alpha value is -1.72. The molecule has 0 spiro atoms. The lowest BCUT2D eigenvalue weighted by Gasteiger charge is -2.07. The number of halogens is 1. The second kappa shape index (κ2) is 5.95. The van der Waals surface area contributed by atoms with Crippen LogP contribution in [0.15, 0.2) is 53.0 Å². The van der Waals surface area contributed by atoms with Crippen LogP contribution in [-0.2, 0) is 0 Å². The van der Waals surface area contributed by atoms with Gasteiger partial charge in [0.15, 0.2) is 0 Å². The van der Waals surface area contributed by atoms with E-state index in [1.54, 1.807) is 36.4 Å². The monoisotopic (exact) mass is 334 g/mol. The first kappa shape index (κ1) is 13.7. The lowest BCUT2D eigenvalue weighted by Crippen LogP contribution is -2.13. The summed E-state index contributed by atoms with van der Waals surface area (Å²) in [4.78, 5) is 12.3. The molecule has 96 valence electrons. The number of hydrogen-bond acceptors (Lipinski definition) is 2. The third-order valence-electron chi connectivity index (χ3n) is 2.51. The molecule has 3 nitrogen and oxygen atoms in total. The van der Waals surface area contributed by atoms with Crippen LogP contribution in [0.1, 0.15) is 15.9 Å². The zero-order valence-electron chi connectivity index (χ0n) is 9.89. The van der Waals surface area contributed by atoms with Crippen molar-refractivity contribution >= 4 is 44.7 Å². The molecule has 19 heavy (non-hydrogen) atoms. The SMILES string of the molecule is NC(=S)c1cccc(NC(=O)c2ccc(Br)cc2)c1. The Balaban J connectivity index is 2.17. The van der Waals surface area contributed by atoms with Crippen LogP contribution in [0.2, 0.25) is 0 Å². The molecule has 0 saturated heterocycles. The minimum absolute atomic E-state index is 0.174.